The molecule has 1 heterocycles. The number of alkyl halides is 3. The molecular weight excluding hydrogens is 289 g/mol. The first-order chi connectivity index (χ1) is 9.87. The van der Waals surface area contributed by atoms with Gasteiger partial charge in [-0.2, -0.15) is 4.98 Å². The van der Waals surface area contributed by atoms with Crippen molar-refractivity contribution in [1.82, 2.24) is 9.97 Å². The Morgan fingerprint density at radius 2 is 1.81 bits per heavy atom. The molecule has 1 aromatic heterocycles. The van der Waals surface area contributed by atoms with Gasteiger partial charge in [-0.1, -0.05) is 12.1 Å². The number of halogens is 3. The van der Waals surface area contributed by atoms with Crippen LogP contribution in [0.25, 0.3) is 0 Å². The summed E-state index contributed by atoms with van der Waals surface area (Å²) in [5.41, 5.74) is 2.76. The quantitative estimate of drug-likeness (QED) is 0.667. The Labute approximate surface area is 117 Å². The first-order valence-corrected chi connectivity index (χ1v) is 5.72. The van der Waals surface area contributed by atoms with Crippen molar-refractivity contribution in [3.63, 3.8) is 0 Å². The summed E-state index contributed by atoms with van der Waals surface area (Å²) in [6, 6.07) is 6.82. The van der Waals surface area contributed by atoms with E-state index in [1.807, 2.05) is 0 Å². The molecule has 9 heteroatoms. The monoisotopic (exact) mass is 300 g/mol. The fourth-order valence-electron chi connectivity index (χ4n) is 1.51. The van der Waals surface area contributed by atoms with Crippen LogP contribution in [0, 0.1) is 6.92 Å². The first-order valence-electron chi connectivity index (χ1n) is 5.72. The topological polar surface area (TPSA) is 82.3 Å². The van der Waals surface area contributed by atoms with E-state index in [4.69, 9.17) is 10.6 Å². The summed E-state index contributed by atoms with van der Waals surface area (Å²) in [5, 5.41) is 0. The largest absolute Gasteiger partial charge is 0.573 e. The lowest BCUT2D eigenvalue weighted by molar-refractivity contribution is -0.275. The predicted octanol–water partition coefficient (Wildman–Crippen LogP) is 2.76. The lowest BCUT2D eigenvalue weighted by atomic mass is 10.3. The van der Waals surface area contributed by atoms with Crippen LogP contribution < -0.4 is 20.7 Å². The van der Waals surface area contributed by atoms with Gasteiger partial charge < -0.3 is 9.47 Å². The highest BCUT2D eigenvalue weighted by Gasteiger charge is 2.32. The number of ether oxygens (including phenoxy) is 2. The Hall–Kier alpha value is -2.55. The summed E-state index contributed by atoms with van der Waals surface area (Å²) in [5.74, 6) is 4.71. The summed E-state index contributed by atoms with van der Waals surface area (Å²) in [4.78, 5) is 7.82. The molecule has 0 fully saturated rings. The van der Waals surface area contributed by atoms with E-state index >= 15 is 0 Å². The average Bonchev–Trinajstić information content (AvgIpc) is 2.38. The molecule has 0 amide bonds. The van der Waals surface area contributed by atoms with Gasteiger partial charge in [0.05, 0.1) is 0 Å². The summed E-state index contributed by atoms with van der Waals surface area (Å²) in [7, 11) is 0. The molecular formula is C12H11F3N4O2. The number of rotatable bonds is 4. The summed E-state index contributed by atoms with van der Waals surface area (Å²) in [6.07, 6.45) is -4.81. The van der Waals surface area contributed by atoms with Crippen LogP contribution in [0.4, 0.5) is 19.1 Å². The zero-order chi connectivity index (χ0) is 15.5. The van der Waals surface area contributed by atoms with E-state index in [-0.39, 0.29) is 17.6 Å². The van der Waals surface area contributed by atoms with E-state index in [2.05, 4.69) is 20.1 Å². The van der Waals surface area contributed by atoms with Crippen LogP contribution in [0.1, 0.15) is 5.69 Å². The maximum Gasteiger partial charge on any atom is 0.573 e. The second-order valence-electron chi connectivity index (χ2n) is 3.91. The van der Waals surface area contributed by atoms with E-state index in [0.29, 0.717) is 5.69 Å². The minimum absolute atomic E-state index is 0.0358. The third kappa shape index (κ3) is 4.21. The van der Waals surface area contributed by atoms with Gasteiger partial charge in [-0.15, -0.1) is 13.2 Å². The van der Waals surface area contributed by atoms with E-state index in [1.54, 1.807) is 6.92 Å². The van der Waals surface area contributed by atoms with Crippen LogP contribution in [0.3, 0.4) is 0 Å². The molecule has 0 aliphatic rings. The van der Waals surface area contributed by atoms with Crippen molar-refractivity contribution in [2.45, 2.75) is 13.3 Å². The van der Waals surface area contributed by atoms with Gasteiger partial charge in [0, 0.05) is 11.8 Å². The fourth-order valence-corrected chi connectivity index (χ4v) is 1.51. The number of nitrogens with two attached hydrogens (primary N) is 1. The number of aryl methyl sites for hydroxylation is 1. The molecule has 21 heavy (non-hydrogen) atoms. The van der Waals surface area contributed by atoms with Gasteiger partial charge in [0.25, 0.3) is 0 Å². The van der Waals surface area contributed by atoms with E-state index < -0.39 is 12.1 Å². The van der Waals surface area contributed by atoms with Crippen LogP contribution in [-0.4, -0.2) is 16.3 Å². The summed E-state index contributed by atoms with van der Waals surface area (Å²) in [6.45, 7) is 1.66. The number of anilines is 1. The summed E-state index contributed by atoms with van der Waals surface area (Å²) >= 11 is 0. The molecule has 2 aromatic rings. The third-order valence-electron chi connectivity index (χ3n) is 2.25. The number of para-hydroxylation sites is 2. The number of nitrogens with zero attached hydrogens (tertiary/aromatic N) is 2. The highest BCUT2D eigenvalue weighted by atomic mass is 19.4. The number of hydrogen-bond donors (Lipinski definition) is 2. The van der Waals surface area contributed by atoms with Gasteiger partial charge in [0.2, 0.25) is 11.8 Å². The number of hydrogen-bond acceptors (Lipinski definition) is 6. The van der Waals surface area contributed by atoms with Crippen molar-refractivity contribution < 1.29 is 22.6 Å². The summed E-state index contributed by atoms with van der Waals surface area (Å²) < 4.78 is 46.1. The Balaban J connectivity index is 2.29. The molecule has 2 rings (SSSR count). The third-order valence-corrected chi connectivity index (χ3v) is 2.25. The number of nitrogen functional groups attached to an aromatic ring is 1. The van der Waals surface area contributed by atoms with Crippen LogP contribution in [-0.2, 0) is 0 Å². The van der Waals surface area contributed by atoms with Gasteiger partial charge in [-0.25, -0.2) is 10.8 Å². The predicted molar refractivity (Wildman–Crippen MR) is 67.8 cm³/mol. The molecule has 0 atom stereocenters. The van der Waals surface area contributed by atoms with Crippen LogP contribution in [0.15, 0.2) is 30.3 Å². The van der Waals surface area contributed by atoms with Crippen molar-refractivity contribution in [2.75, 3.05) is 5.43 Å². The van der Waals surface area contributed by atoms with E-state index in [0.717, 1.165) is 6.07 Å². The minimum Gasteiger partial charge on any atom is -0.435 e. The van der Waals surface area contributed by atoms with Crippen molar-refractivity contribution in [3.05, 3.63) is 36.0 Å². The molecule has 112 valence electrons. The molecule has 0 radical (unpaired) electrons. The standard InChI is InChI=1S/C12H11F3N4O2/c1-7-6-10(18-11(17-7)19-16)20-8-4-2-3-5-9(8)21-12(13,14)15/h2-6H,16H2,1H3,(H,17,18,19). The number of hydrazine groups is 1. The molecule has 6 nitrogen and oxygen atoms in total. The molecule has 0 aliphatic heterocycles. The molecule has 0 bridgehead atoms. The number of nitrogens with one attached hydrogen (secondary N) is 1. The Kier molecular flexibility index (Phi) is 4.13. The normalized spacial score (nSPS) is 11.1. The van der Waals surface area contributed by atoms with E-state index in [9.17, 15) is 13.2 Å². The smallest absolute Gasteiger partial charge is 0.435 e. The Morgan fingerprint density at radius 3 is 2.43 bits per heavy atom. The lowest BCUT2D eigenvalue weighted by Crippen LogP contribution is -2.17. The van der Waals surface area contributed by atoms with E-state index in [1.165, 1.54) is 24.3 Å². The lowest BCUT2D eigenvalue weighted by Gasteiger charge is -2.13. The van der Waals surface area contributed by atoms with Gasteiger partial charge >= 0.3 is 6.36 Å². The average molecular weight is 300 g/mol. The molecule has 1 aromatic carbocycles. The molecule has 0 unspecified atom stereocenters. The van der Waals surface area contributed by atoms with Crippen molar-refractivity contribution in [3.8, 4) is 17.4 Å². The first kappa shape index (κ1) is 14.9. The molecule has 0 saturated carbocycles. The van der Waals surface area contributed by atoms with Gasteiger partial charge in [-0.3, -0.25) is 5.43 Å². The zero-order valence-electron chi connectivity index (χ0n) is 10.8. The molecule has 0 saturated heterocycles. The molecule has 0 spiro atoms. The maximum atomic E-state index is 12.3. The highest BCUT2D eigenvalue weighted by Crippen LogP contribution is 2.34. The number of benzene rings is 1. The highest BCUT2D eigenvalue weighted by molar-refractivity contribution is 5.42. The second kappa shape index (κ2) is 5.83. The Morgan fingerprint density at radius 1 is 1.14 bits per heavy atom. The Bertz CT molecular complexity index is 634. The SMILES string of the molecule is Cc1cc(Oc2ccccc2OC(F)(F)F)nc(NN)n1. The number of aromatic nitrogens is 2. The van der Waals surface area contributed by atoms with Crippen molar-refractivity contribution in [2.24, 2.45) is 5.84 Å². The zero-order valence-corrected chi connectivity index (χ0v) is 10.8. The molecule has 3 N–H and O–H groups in total. The fraction of sp³-hybridized carbons (Fsp3) is 0.167. The van der Waals surface area contributed by atoms with Gasteiger partial charge in [-0.05, 0) is 19.1 Å². The minimum atomic E-state index is -4.81. The van der Waals surface area contributed by atoms with Crippen LogP contribution >= 0.6 is 0 Å². The second-order valence-corrected chi connectivity index (χ2v) is 3.91. The maximum absolute atomic E-state index is 12.3. The van der Waals surface area contributed by atoms with Gasteiger partial charge in [0.1, 0.15) is 0 Å². The van der Waals surface area contributed by atoms with Crippen LogP contribution in [0.2, 0.25) is 0 Å². The van der Waals surface area contributed by atoms with Gasteiger partial charge in [0.15, 0.2) is 11.5 Å². The van der Waals surface area contributed by atoms with Crippen molar-refractivity contribution >= 4 is 5.95 Å². The van der Waals surface area contributed by atoms with Crippen LogP contribution in [0.5, 0.6) is 17.4 Å². The van der Waals surface area contributed by atoms with Crippen molar-refractivity contribution in [1.29, 1.82) is 0 Å². The molecule has 0 aliphatic carbocycles.